The summed E-state index contributed by atoms with van der Waals surface area (Å²) in [6.45, 7) is 4.42. The van der Waals surface area contributed by atoms with E-state index in [-0.39, 0.29) is 63.8 Å². The third-order valence-electron chi connectivity index (χ3n) is 8.32. The number of halogens is 1. The standard InChI is InChI=1S/C31H52ClN4O10PS/c1-5-45-47(42,46-6-2)30(39)26(16-17-28(37)35(4)19-18-33-48(43,44)7-3)34-29(38)27(21-23-12-9-8-10-13-23)36(31(40)41)22-24-14-11-15-25(32)20-24/h11,14-15,20,23,26-27,30,33,39H,5-10,12-13,16-19,21-22H2,1-4H3,(H,34,38)(H,40,41)/t26-,27-,30?/m0/s1. The third kappa shape index (κ3) is 13.6. The zero-order chi connectivity index (χ0) is 35.9. The number of nitrogens with zero attached hydrogens (tertiary/aromatic N) is 2. The van der Waals surface area contributed by atoms with Gasteiger partial charge in [-0.3, -0.25) is 19.1 Å². The molecule has 1 unspecified atom stereocenters. The van der Waals surface area contributed by atoms with Crippen molar-refractivity contribution in [1.82, 2.24) is 19.8 Å². The lowest BCUT2D eigenvalue weighted by Crippen LogP contribution is -2.54. The number of amides is 3. The van der Waals surface area contributed by atoms with Gasteiger partial charge < -0.3 is 29.5 Å². The molecule has 2 rings (SSSR count). The molecule has 0 heterocycles. The summed E-state index contributed by atoms with van der Waals surface area (Å²) in [5.41, 5.74) is 0.579. The number of likely N-dealkylation sites (N-methyl/N-ethyl adjacent to an activating group) is 1. The van der Waals surface area contributed by atoms with Crippen molar-refractivity contribution in [3.8, 4) is 0 Å². The summed E-state index contributed by atoms with van der Waals surface area (Å²) in [5.74, 6) is -3.05. The maximum atomic E-state index is 14.1. The topological polar surface area (TPSA) is 192 Å². The molecular weight excluding hydrogens is 687 g/mol. The summed E-state index contributed by atoms with van der Waals surface area (Å²) in [6, 6.07) is 4.17. The first-order valence-electron chi connectivity index (χ1n) is 16.5. The molecular formula is C31H52ClN4O10PS. The van der Waals surface area contributed by atoms with E-state index in [0.717, 1.165) is 37.0 Å². The van der Waals surface area contributed by atoms with Crippen molar-refractivity contribution in [3.05, 3.63) is 34.9 Å². The molecule has 4 N–H and O–H groups in total. The molecule has 14 nitrogen and oxygen atoms in total. The minimum atomic E-state index is -4.22. The van der Waals surface area contributed by atoms with E-state index in [1.807, 2.05) is 0 Å². The molecule has 0 radical (unpaired) electrons. The highest BCUT2D eigenvalue weighted by Gasteiger charge is 2.42. The van der Waals surface area contributed by atoms with Gasteiger partial charge in [-0.25, -0.2) is 17.9 Å². The maximum absolute atomic E-state index is 14.1. The average molecular weight is 739 g/mol. The van der Waals surface area contributed by atoms with Crippen LogP contribution < -0.4 is 10.0 Å². The second kappa shape index (κ2) is 20.4. The Labute approximate surface area is 289 Å². The van der Waals surface area contributed by atoms with Gasteiger partial charge in [-0.15, -0.1) is 0 Å². The van der Waals surface area contributed by atoms with Crippen LogP contribution in [0.4, 0.5) is 4.79 Å². The van der Waals surface area contributed by atoms with Gasteiger partial charge in [-0.05, 0) is 57.2 Å². The van der Waals surface area contributed by atoms with E-state index in [0.29, 0.717) is 10.6 Å². The lowest BCUT2D eigenvalue weighted by Gasteiger charge is -2.35. The monoisotopic (exact) mass is 738 g/mol. The Balaban J connectivity index is 2.38. The second-order valence-corrected chi connectivity index (χ2v) is 16.5. The summed E-state index contributed by atoms with van der Waals surface area (Å²) in [4.78, 5) is 42.2. The van der Waals surface area contributed by atoms with Crippen LogP contribution in [0.2, 0.25) is 5.02 Å². The minimum absolute atomic E-state index is 0.00835. The number of aliphatic hydroxyl groups is 1. The van der Waals surface area contributed by atoms with Gasteiger partial charge in [0.1, 0.15) is 6.04 Å². The first kappa shape index (κ1) is 41.9. The smallest absolute Gasteiger partial charge is 0.408 e. The number of nitrogens with one attached hydrogen (secondary N) is 2. The zero-order valence-corrected chi connectivity index (χ0v) is 30.8. The van der Waals surface area contributed by atoms with E-state index in [4.69, 9.17) is 20.6 Å². The van der Waals surface area contributed by atoms with E-state index in [9.17, 15) is 37.6 Å². The third-order valence-corrected chi connectivity index (χ3v) is 12.2. The Kier molecular flexibility index (Phi) is 17.8. The first-order valence-corrected chi connectivity index (χ1v) is 20.1. The molecule has 1 aliphatic carbocycles. The van der Waals surface area contributed by atoms with Crippen LogP contribution in [-0.4, -0.2) is 103 Å². The van der Waals surface area contributed by atoms with E-state index in [1.54, 1.807) is 38.1 Å². The zero-order valence-electron chi connectivity index (χ0n) is 28.3. The molecule has 1 aromatic carbocycles. The number of carbonyl (C=O) groups excluding carboxylic acids is 2. The summed E-state index contributed by atoms with van der Waals surface area (Å²) in [7, 11) is -6.19. The van der Waals surface area contributed by atoms with Crippen LogP contribution in [-0.2, 0) is 39.8 Å². The Morgan fingerprint density at radius 3 is 2.31 bits per heavy atom. The van der Waals surface area contributed by atoms with Gasteiger partial charge in [0.2, 0.25) is 21.8 Å². The molecule has 1 saturated carbocycles. The van der Waals surface area contributed by atoms with Gasteiger partial charge in [-0.2, -0.15) is 0 Å². The van der Waals surface area contributed by atoms with E-state index in [1.165, 1.54) is 18.9 Å². The summed E-state index contributed by atoms with van der Waals surface area (Å²) in [5, 5.41) is 24.8. The molecule has 0 bridgehead atoms. The van der Waals surface area contributed by atoms with Crippen LogP contribution in [0.15, 0.2) is 24.3 Å². The Hall–Kier alpha value is -2.26. The van der Waals surface area contributed by atoms with Gasteiger partial charge in [0, 0.05) is 38.1 Å². The highest BCUT2D eigenvalue weighted by atomic mass is 35.5. The SMILES string of the molecule is CCOP(=O)(OCC)C(O)[C@H](CCC(=O)N(C)CCNS(=O)(=O)CC)NC(=O)[C@H](CC1CCCCC1)N(Cc1cccc(Cl)c1)C(=O)O. The van der Waals surface area contributed by atoms with Crippen molar-refractivity contribution in [2.75, 3.05) is 39.1 Å². The number of hydrogen-bond donors (Lipinski definition) is 4. The molecule has 0 aromatic heterocycles. The number of rotatable bonds is 21. The maximum Gasteiger partial charge on any atom is 0.408 e. The average Bonchev–Trinajstić information content (AvgIpc) is 3.04. The number of hydrogen-bond acceptors (Lipinski definition) is 9. The molecule has 0 saturated heterocycles. The van der Waals surface area contributed by atoms with E-state index >= 15 is 0 Å². The largest absolute Gasteiger partial charge is 0.465 e. The fourth-order valence-corrected chi connectivity index (χ4v) is 8.25. The molecule has 3 amide bonds. The van der Waals surface area contributed by atoms with Crippen molar-refractivity contribution >= 4 is 47.1 Å². The van der Waals surface area contributed by atoms with Gasteiger partial charge in [0.15, 0.2) is 5.85 Å². The van der Waals surface area contributed by atoms with Crippen molar-refractivity contribution in [2.45, 2.75) is 96.6 Å². The Morgan fingerprint density at radius 2 is 1.75 bits per heavy atom. The lowest BCUT2D eigenvalue weighted by atomic mass is 9.84. The van der Waals surface area contributed by atoms with Crippen LogP contribution in [0, 0.1) is 5.92 Å². The Morgan fingerprint density at radius 1 is 1.10 bits per heavy atom. The van der Waals surface area contributed by atoms with Crippen LogP contribution in [0.3, 0.4) is 0 Å². The van der Waals surface area contributed by atoms with Crippen molar-refractivity contribution < 1.29 is 46.6 Å². The molecule has 48 heavy (non-hydrogen) atoms. The summed E-state index contributed by atoms with van der Waals surface area (Å²) in [6.07, 6.45) is 3.13. The normalized spacial score (nSPS) is 16.1. The molecule has 3 atom stereocenters. The predicted octanol–water partition coefficient (Wildman–Crippen LogP) is 4.41. The van der Waals surface area contributed by atoms with E-state index in [2.05, 4.69) is 10.0 Å². The van der Waals surface area contributed by atoms with Gasteiger partial charge in [-0.1, -0.05) is 55.8 Å². The highest BCUT2D eigenvalue weighted by Crippen LogP contribution is 2.53. The van der Waals surface area contributed by atoms with Crippen molar-refractivity contribution in [1.29, 1.82) is 0 Å². The van der Waals surface area contributed by atoms with Gasteiger partial charge >= 0.3 is 13.7 Å². The number of carbonyl (C=O) groups is 3. The number of carboxylic acid groups (broad SMARTS) is 1. The lowest BCUT2D eigenvalue weighted by molar-refractivity contribution is -0.131. The van der Waals surface area contributed by atoms with Gasteiger partial charge in [0.25, 0.3) is 0 Å². The number of benzene rings is 1. The molecule has 1 aromatic rings. The number of sulfonamides is 1. The second-order valence-electron chi connectivity index (χ2n) is 11.9. The Bertz CT molecular complexity index is 1340. The highest BCUT2D eigenvalue weighted by molar-refractivity contribution is 7.89. The molecule has 1 fully saturated rings. The van der Waals surface area contributed by atoms with Crippen LogP contribution in [0.25, 0.3) is 0 Å². The fourth-order valence-electron chi connectivity index (χ4n) is 5.67. The first-order chi connectivity index (χ1) is 22.7. The summed E-state index contributed by atoms with van der Waals surface area (Å²) >= 11 is 6.16. The molecule has 0 aliphatic heterocycles. The van der Waals surface area contributed by atoms with Crippen LogP contribution in [0.1, 0.15) is 77.7 Å². The summed E-state index contributed by atoms with van der Waals surface area (Å²) < 4.78 is 50.3. The quantitative estimate of drug-likeness (QED) is 0.131. The minimum Gasteiger partial charge on any atom is -0.465 e. The van der Waals surface area contributed by atoms with Crippen LogP contribution >= 0.6 is 19.2 Å². The molecule has 17 heteroatoms. The number of aliphatic hydroxyl groups excluding tert-OH is 1. The van der Waals surface area contributed by atoms with Crippen molar-refractivity contribution in [3.63, 3.8) is 0 Å². The van der Waals surface area contributed by atoms with Crippen LogP contribution in [0.5, 0.6) is 0 Å². The molecule has 0 spiro atoms. The van der Waals surface area contributed by atoms with E-state index < -0.39 is 53.5 Å². The molecule has 1 aliphatic rings. The predicted molar refractivity (Wildman–Crippen MR) is 183 cm³/mol. The fraction of sp³-hybridized carbons (Fsp3) is 0.710. The van der Waals surface area contributed by atoms with Gasteiger partial charge in [0.05, 0.1) is 25.0 Å². The molecule has 274 valence electrons. The van der Waals surface area contributed by atoms with Crippen molar-refractivity contribution in [2.24, 2.45) is 5.92 Å².